The maximum absolute atomic E-state index is 12.8. The van der Waals surface area contributed by atoms with Crippen LogP contribution in [0.5, 0.6) is 0 Å². The zero-order valence-electron chi connectivity index (χ0n) is 19.5. The monoisotopic (exact) mass is 473 g/mol. The normalized spacial score (nSPS) is 13.8. The number of benzene rings is 3. The van der Waals surface area contributed by atoms with Crippen LogP contribution in [0.2, 0.25) is 0 Å². The fraction of sp³-hybridized carbons (Fsp3) is 0.259. The average Bonchev–Trinajstić information content (AvgIpc) is 2.87. The SMILES string of the molecule is CC(=O)Nc1cc2ccccc2cc1C(=O)OCC(=O)N1CCC(C(=O)Nc2ccccc2)CC1. The molecule has 2 N–H and O–H groups in total. The Balaban J connectivity index is 1.33. The van der Waals surface area contributed by atoms with E-state index in [4.69, 9.17) is 4.74 Å². The number of anilines is 2. The number of carbonyl (C=O) groups is 4. The van der Waals surface area contributed by atoms with E-state index in [0.717, 1.165) is 16.5 Å². The Kier molecular flexibility index (Phi) is 7.40. The molecule has 0 spiro atoms. The maximum atomic E-state index is 12.8. The van der Waals surface area contributed by atoms with Crippen molar-refractivity contribution in [2.45, 2.75) is 19.8 Å². The number of para-hydroxylation sites is 1. The summed E-state index contributed by atoms with van der Waals surface area (Å²) in [6.45, 7) is 1.77. The number of carbonyl (C=O) groups excluding carboxylic acids is 4. The lowest BCUT2D eigenvalue weighted by Gasteiger charge is -2.31. The lowest BCUT2D eigenvalue weighted by atomic mass is 9.95. The van der Waals surface area contributed by atoms with E-state index < -0.39 is 12.6 Å². The van der Waals surface area contributed by atoms with E-state index in [2.05, 4.69) is 10.6 Å². The Hall–Kier alpha value is -4.20. The molecule has 1 aliphatic heterocycles. The molecule has 1 heterocycles. The molecule has 1 fully saturated rings. The van der Waals surface area contributed by atoms with Gasteiger partial charge in [0, 0.05) is 31.6 Å². The number of amides is 3. The number of nitrogens with zero attached hydrogens (tertiary/aromatic N) is 1. The standard InChI is InChI=1S/C27H27N3O5/c1-18(31)28-24-16-21-8-6-5-7-20(21)15-23(24)27(34)35-17-25(32)30-13-11-19(12-14-30)26(33)29-22-9-3-2-4-10-22/h2-10,15-16,19H,11-14,17H2,1H3,(H,28,31)(H,29,33). The van der Waals surface area contributed by atoms with E-state index in [1.54, 1.807) is 17.0 Å². The maximum Gasteiger partial charge on any atom is 0.340 e. The van der Waals surface area contributed by atoms with Crippen LogP contribution in [0.3, 0.4) is 0 Å². The molecular weight excluding hydrogens is 446 g/mol. The molecule has 0 bridgehead atoms. The second kappa shape index (κ2) is 10.8. The van der Waals surface area contributed by atoms with Crippen LogP contribution in [-0.2, 0) is 19.1 Å². The van der Waals surface area contributed by atoms with Gasteiger partial charge in [0.1, 0.15) is 0 Å². The molecule has 8 nitrogen and oxygen atoms in total. The van der Waals surface area contributed by atoms with Crippen molar-refractivity contribution < 1.29 is 23.9 Å². The summed E-state index contributed by atoms with van der Waals surface area (Å²) in [6.07, 6.45) is 1.07. The fourth-order valence-corrected chi connectivity index (χ4v) is 4.16. The number of nitrogens with one attached hydrogen (secondary N) is 2. The van der Waals surface area contributed by atoms with Crippen molar-refractivity contribution in [1.82, 2.24) is 4.90 Å². The van der Waals surface area contributed by atoms with Crippen LogP contribution >= 0.6 is 0 Å². The van der Waals surface area contributed by atoms with Crippen LogP contribution in [0.25, 0.3) is 10.8 Å². The van der Waals surface area contributed by atoms with Crippen molar-refractivity contribution in [3.05, 3.63) is 72.3 Å². The van der Waals surface area contributed by atoms with Crippen molar-refractivity contribution in [3.8, 4) is 0 Å². The summed E-state index contributed by atoms with van der Waals surface area (Å²) in [6, 6.07) is 20.1. The molecular formula is C27H27N3O5. The molecule has 3 aromatic rings. The van der Waals surface area contributed by atoms with Crippen molar-refractivity contribution in [2.24, 2.45) is 5.92 Å². The van der Waals surface area contributed by atoms with Gasteiger partial charge in [-0.05, 0) is 47.9 Å². The zero-order chi connectivity index (χ0) is 24.8. The largest absolute Gasteiger partial charge is 0.452 e. The average molecular weight is 474 g/mol. The number of ether oxygens (including phenoxy) is 1. The smallest absolute Gasteiger partial charge is 0.340 e. The lowest BCUT2D eigenvalue weighted by Crippen LogP contribution is -2.43. The van der Waals surface area contributed by atoms with Gasteiger partial charge in [-0.25, -0.2) is 4.79 Å². The van der Waals surface area contributed by atoms with Gasteiger partial charge < -0.3 is 20.3 Å². The third kappa shape index (κ3) is 6.03. The molecule has 0 radical (unpaired) electrons. The molecule has 0 aliphatic carbocycles. The van der Waals surface area contributed by atoms with Crippen LogP contribution in [0.15, 0.2) is 66.7 Å². The van der Waals surface area contributed by atoms with Crippen LogP contribution < -0.4 is 10.6 Å². The first-order valence-corrected chi connectivity index (χ1v) is 11.5. The van der Waals surface area contributed by atoms with E-state index in [1.807, 2.05) is 54.6 Å². The molecule has 3 amide bonds. The summed E-state index contributed by atoms with van der Waals surface area (Å²) in [4.78, 5) is 51.2. The number of piperidine rings is 1. The number of fused-ring (bicyclic) bond motifs is 1. The topological polar surface area (TPSA) is 105 Å². The Bertz CT molecular complexity index is 1250. The molecule has 0 saturated carbocycles. The van der Waals surface area contributed by atoms with Gasteiger partial charge in [0.05, 0.1) is 11.3 Å². The van der Waals surface area contributed by atoms with Crippen LogP contribution in [0, 0.1) is 5.92 Å². The first kappa shape index (κ1) is 23.9. The number of rotatable bonds is 6. The highest BCUT2D eigenvalue weighted by Gasteiger charge is 2.28. The molecule has 1 aliphatic rings. The Morgan fingerprint density at radius 3 is 2.17 bits per heavy atom. The van der Waals surface area contributed by atoms with Gasteiger partial charge in [-0.1, -0.05) is 42.5 Å². The number of hydrogen-bond acceptors (Lipinski definition) is 5. The van der Waals surface area contributed by atoms with Crippen molar-refractivity contribution in [1.29, 1.82) is 0 Å². The van der Waals surface area contributed by atoms with Gasteiger partial charge in [-0.15, -0.1) is 0 Å². The van der Waals surface area contributed by atoms with E-state index in [0.29, 0.717) is 31.6 Å². The summed E-state index contributed by atoms with van der Waals surface area (Å²) >= 11 is 0. The molecule has 1 saturated heterocycles. The van der Waals surface area contributed by atoms with E-state index >= 15 is 0 Å². The van der Waals surface area contributed by atoms with E-state index in [1.165, 1.54) is 6.92 Å². The van der Waals surface area contributed by atoms with Gasteiger partial charge in [0.15, 0.2) is 6.61 Å². The van der Waals surface area contributed by atoms with Crippen LogP contribution in [0.1, 0.15) is 30.1 Å². The van der Waals surface area contributed by atoms with E-state index in [9.17, 15) is 19.2 Å². The van der Waals surface area contributed by atoms with Gasteiger partial charge in [0.2, 0.25) is 11.8 Å². The number of likely N-dealkylation sites (tertiary alicyclic amines) is 1. The molecule has 35 heavy (non-hydrogen) atoms. The minimum absolute atomic E-state index is 0.0588. The van der Waals surface area contributed by atoms with Crippen molar-refractivity contribution in [2.75, 3.05) is 30.3 Å². The molecule has 0 atom stereocenters. The van der Waals surface area contributed by atoms with Crippen LogP contribution in [-0.4, -0.2) is 48.3 Å². The quantitative estimate of drug-likeness (QED) is 0.530. The molecule has 180 valence electrons. The Labute approximate surface area is 203 Å². The second-order valence-corrected chi connectivity index (χ2v) is 8.51. The predicted molar refractivity (Wildman–Crippen MR) is 133 cm³/mol. The summed E-state index contributed by atoms with van der Waals surface area (Å²) in [5.41, 5.74) is 1.26. The third-order valence-electron chi connectivity index (χ3n) is 6.00. The summed E-state index contributed by atoms with van der Waals surface area (Å²) < 4.78 is 5.31. The fourth-order valence-electron chi connectivity index (χ4n) is 4.16. The van der Waals surface area contributed by atoms with Crippen molar-refractivity contribution >= 4 is 45.8 Å². The minimum Gasteiger partial charge on any atom is -0.452 e. The second-order valence-electron chi connectivity index (χ2n) is 8.51. The third-order valence-corrected chi connectivity index (χ3v) is 6.00. The number of esters is 1. The summed E-state index contributed by atoms with van der Waals surface area (Å²) in [7, 11) is 0. The molecule has 0 aromatic heterocycles. The van der Waals surface area contributed by atoms with Gasteiger partial charge >= 0.3 is 5.97 Å². The zero-order valence-corrected chi connectivity index (χ0v) is 19.5. The Morgan fingerprint density at radius 1 is 0.886 bits per heavy atom. The predicted octanol–water partition coefficient (Wildman–Crippen LogP) is 3.83. The molecule has 3 aromatic carbocycles. The summed E-state index contributed by atoms with van der Waals surface area (Å²) in [5.74, 6) is -1.56. The first-order valence-electron chi connectivity index (χ1n) is 11.5. The lowest BCUT2D eigenvalue weighted by molar-refractivity contribution is -0.137. The van der Waals surface area contributed by atoms with Crippen molar-refractivity contribution in [3.63, 3.8) is 0 Å². The minimum atomic E-state index is -0.690. The number of hydrogen-bond donors (Lipinski definition) is 2. The van der Waals surface area contributed by atoms with Gasteiger partial charge in [-0.3, -0.25) is 14.4 Å². The highest BCUT2D eigenvalue weighted by atomic mass is 16.5. The highest BCUT2D eigenvalue weighted by Crippen LogP contribution is 2.25. The molecule has 4 rings (SSSR count). The van der Waals surface area contributed by atoms with Crippen LogP contribution in [0.4, 0.5) is 11.4 Å². The summed E-state index contributed by atoms with van der Waals surface area (Å²) in [5, 5.41) is 7.24. The Morgan fingerprint density at radius 2 is 1.51 bits per heavy atom. The molecule has 0 unspecified atom stereocenters. The van der Waals surface area contributed by atoms with E-state index in [-0.39, 0.29) is 29.2 Å². The highest BCUT2D eigenvalue weighted by molar-refractivity contribution is 6.05. The van der Waals surface area contributed by atoms with Gasteiger partial charge in [0.25, 0.3) is 5.91 Å². The van der Waals surface area contributed by atoms with Gasteiger partial charge in [-0.2, -0.15) is 0 Å². The molecule has 8 heteroatoms. The first-order chi connectivity index (χ1) is 16.9.